The molecule has 96 valence electrons. The molecule has 0 radical (unpaired) electrons. The molecule has 2 nitrogen and oxygen atoms in total. The Morgan fingerprint density at radius 2 is 2.00 bits per heavy atom. The Bertz CT molecular complexity index is 835. The lowest BCUT2D eigenvalue weighted by Gasteiger charge is -2.08. The van der Waals surface area contributed by atoms with E-state index >= 15 is 0 Å². The van der Waals surface area contributed by atoms with Crippen LogP contribution in [-0.4, -0.2) is 9.55 Å². The first kappa shape index (κ1) is 12.9. The van der Waals surface area contributed by atoms with Gasteiger partial charge in [-0.3, -0.25) is 4.57 Å². The Balaban J connectivity index is 2.36. The third-order valence-electron chi connectivity index (χ3n) is 3.04. The minimum absolute atomic E-state index is 0.669. The maximum absolute atomic E-state index is 6.01. The van der Waals surface area contributed by atoms with E-state index < -0.39 is 0 Å². The molecule has 2 aromatic carbocycles. The first-order valence-electron chi connectivity index (χ1n) is 5.73. The summed E-state index contributed by atoms with van der Waals surface area (Å²) >= 11 is 14.9. The van der Waals surface area contributed by atoms with Gasteiger partial charge >= 0.3 is 0 Å². The van der Waals surface area contributed by atoms with Crippen molar-refractivity contribution in [3.05, 3.63) is 56.2 Å². The van der Waals surface area contributed by atoms with E-state index in [9.17, 15) is 0 Å². The van der Waals surface area contributed by atoms with Gasteiger partial charge in [0.15, 0.2) is 4.77 Å². The van der Waals surface area contributed by atoms with Crippen LogP contribution < -0.4 is 0 Å². The highest BCUT2D eigenvalue weighted by Gasteiger charge is 2.09. The fraction of sp³-hybridized carbons (Fsp3) is 0.0714. The van der Waals surface area contributed by atoms with E-state index in [2.05, 4.69) is 40.0 Å². The van der Waals surface area contributed by atoms with Gasteiger partial charge in [0.1, 0.15) is 0 Å². The Morgan fingerprint density at radius 1 is 1.21 bits per heavy atom. The largest absolute Gasteiger partial charge is 0.330 e. The van der Waals surface area contributed by atoms with Crippen molar-refractivity contribution < 1.29 is 0 Å². The molecule has 0 fully saturated rings. The number of H-pyrrole nitrogens is 1. The summed E-state index contributed by atoms with van der Waals surface area (Å²) < 4.78 is 3.76. The molecular weight excluding hydrogens is 344 g/mol. The molecule has 19 heavy (non-hydrogen) atoms. The van der Waals surface area contributed by atoms with Crippen molar-refractivity contribution in [3.8, 4) is 5.69 Å². The molecule has 5 heteroatoms. The number of nitrogens with zero attached hydrogens (tertiary/aromatic N) is 1. The number of aromatic nitrogens is 2. The second-order valence-corrected chi connectivity index (χ2v) is 6.10. The summed E-state index contributed by atoms with van der Waals surface area (Å²) in [5.41, 5.74) is 4.20. The first-order chi connectivity index (χ1) is 9.06. The summed E-state index contributed by atoms with van der Waals surface area (Å²) in [7, 11) is 0. The number of fused-ring (bicyclic) bond motifs is 1. The van der Waals surface area contributed by atoms with Gasteiger partial charge in [0.05, 0.1) is 16.7 Å². The smallest absolute Gasteiger partial charge is 0.182 e. The number of aryl methyl sites for hydroxylation is 1. The van der Waals surface area contributed by atoms with Gasteiger partial charge in [-0.05, 0) is 61.1 Å². The quantitative estimate of drug-likeness (QED) is 0.580. The van der Waals surface area contributed by atoms with Crippen molar-refractivity contribution in [3.63, 3.8) is 0 Å². The molecule has 0 aliphatic carbocycles. The molecule has 1 aromatic heterocycles. The molecule has 1 N–H and O–H groups in total. The molecule has 0 saturated heterocycles. The van der Waals surface area contributed by atoms with Gasteiger partial charge in [0.2, 0.25) is 0 Å². The molecule has 0 atom stereocenters. The summed E-state index contributed by atoms with van der Waals surface area (Å²) in [6, 6.07) is 11.9. The van der Waals surface area contributed by atoms with Crippen molar-refractivity contribution in [1.82, 2.24) is 9.55 Å². The van der Waals surface area contributed by atoms with Gasteiger partial charge < -0.3 is 4.98 Å². The maximum atomic E-state index is 6.01. The zero-order valence-corrected chi connectivity index (χ0v) is 13.2. The highest BCUT2D eigenvalue weighted by atomic mass is 79.9. The highest BCUT2D eigenvalue weighted by molar-refractivity contribution is 9.10. The van der Waals surface area contributed by atoms with Crippen LogP contribution in [0, 0.1) is 11.7 Å². The summed E-state index contributed by atoms with van der Waals surface area (Å²) in [4.78, 5) is 3.19. The van der Waals surface area contributed by atoms with E-state index in [4.69, 9.17) is 23.8 Å². The molecule has 1 heterocycles. The van der Waals surface area contributed by atoms with Crippen molar-refractivity contribution >= 4 is 50.8 Å². The van der Waals surface area contributed by atoms with Crippen LogP contribution in [0.25, 0.3) is 16.7 Å². The zero-order chi connectivity index (χ0) is 13.6. The standard InChI is InChI=1S/C14H10BrClN2S/c1-8-6-9(15)2-4-12(8)18-13-5-3-10(16)7-11(13)17-14(18)19/h2-7H,1H3,(H,17,19). The Morgan fingerprint density at radius 3 is 2.74 bits per heavy atom. The number of rotatable bonds is 1. The van der Waals surface area contributed by atoms with Crippen molar-refractivity contribution in [1.29, 1.82) is 0 Å². The summed E-state index contributed by atoms with van der Waals surface area (Å²) in [6.07, 6.45) is 0. The Labute approximate surface area is 129 Å². The number of hydrogen-bond acceptors (Lipinski definition) is 1. The van der Waals surface area contributed by atoms with Crippen molar-refractivity contribution in [2.24, 2.45) is 0 Å². The predicted octanol–water partition coefficient (Wildman–Crippen LogP) is 5.41. The van der Waals surface area contributed by atoms with Crippen LogP contribution in [-0.2, 0) is 0 Å². The fourth-order valence-corrected chi connectivity index (χ4v) is 3.15. The van der Waals surface area contributed by atoms with Crippen molar-refractivity contribution in [2.75, 3.05) is 0 Å². The predicted molar refractivity (Wildman–Crippen MR) is 85.9 cm³/mol. The second-order valence-electron chi connectivity index (χ2n) is 4.36. The van der Waals surface area contributed by atoms with E-state index in [1.165, 1.54) is 0 Å². The average Bonchev–Trinajstić information content (AvgIpc) is 2.65. The summed E-state index contributed by atoms with van der Waals surface area (Å²) in [5.74, 6) is 0. The molecule has 0 bridgehead atoms. The molecular formula is C14H10BrClN2S. The molecule has 0 spiro atoms. The molecule has 3 aromatic rings. The molecule has 0 aliphatic rings. The van der Waals surface area contributed by atoms with E-state index in [1.54, 1.807) is 0 Å². The van der Waals surface area contributed by atoms with Gasteiger partial charge in [-0.2, -0.15) is 0 Å². The molecule has 0 saturated carbocycles. The van der Waals surface area contributed by atoms with Crippen molar-refractivity contribution in [2.45, 2.75) is 6.92 Å². The second kappa shape index (κ2) is 4.78. The maximum Gasteiger partial charge on any atom is 0.182 e. The van der Waals surface area contributed by atoms with E-state index in [1.807, 2.05) is 28.8 Å². The monoisotopic (exact) mass is 352 g/mol. The van der Waals surface area contributed by atoms with Gasteiger partial charge in [0.25, 0.3) is 0 Å². The topological polar surface area (TPSA) is 20.7 Å². The molecule has 0 aliphatic heterocycles. The molecule has 0 unspecified atom stereocenters. The Hall–Kier alpha value is -1.10. The van der Waals surface area contributed by atoms with Gasteiger partial charge in [-0.15, -0.1) is 0 Å². The van der Waals surface area contributed by atoms with Crippen LogP contribution in [0.4, 0.5) is 0 Å². The zero-order valence-electron chi connectivity index (χ0n) is 10.1. The van der Waals surface area contributed by atoms with E-state index in [-0.39, 0.29) is 0 Å². The highest BCUT2D eigenvalue weighted by Crippen LogP contribution is 2.26. The molecule has 0 amide bonds. The van der Waals surface area contributed by atoms with Gasteiger partial charge in [-0.25, -0.2) is 0 Å². The summed E-state index contributed by atoms with van der Waals surface area (Å²) in [6.45, 7) is 2.07. The number of aromatic amines is 1. The van der Waals surface area contributed by atoms with E-state index in [0.717, 1.165) is 26.8 Å². The van der Waals surface area contributed by atoms with Crippen LogP contribution in [0.2, 0.25) is 5.02 Å². The lowest BCUT2D eigenvalue weighted by Crippen LogP contribution is -1.96. The summed E-state index contributed by atoms with van der Waals surface area (Å²) in [5, 5.41) is 0.698. The third kappa shape index (κ3) is 2.24. The number of nitrogens with one attached hydrogen (secondary N) is 1. The minimum Gasteiger partial charge on any atom is -0.330 e. The van der Waals surface area contributed by atoms with Crippen LogP contribution in [0.3, 0.4) is 0 Å². The SMILES string of the molecule is Cc1cc(Br)ccc1-n1c(=S)[nH]c2cc(Cl)ccc21. The van der Waals surface area contributed by atoms with E-state index in [0.29, 0.717) is 9.79 Å². The lowest BCUT2D eigenvalue weighted by atomic mass is 10.2. The van der Waals surface area contributed by atoms with Gasteiger partial charge in [0, 0.05) is 9.50 Å². The van der Waals surface area contributed by atoms with Crippen LogP contribution in [0.1, 0.15) is 5.56 Å². The number of halogens is 2. The average molecular weight is 354 g/mol. The van der Waals surface area contributed by atoms with Gasteiger partial charge in [-0.1, -0.05) is 27.5 Å². The number of benzene rings is 2. The lowest BCUT2D eigenvalue weighted by molar-refractivity contribution is 1.05. The van der Waals surface area contributed by atoms with Crippen LogP contribution >= 0.6 is 39.7 Å². The third-order valence-corrected chi connectivity index (χ3v) is 4.06. The van der Waals surface area contributed by atoms with Crippen LogP contribution in [0.5, 0.6) is 0 Å². The number of imidazole rings is 1. The minimum atomic E-state index is 0.669. The normalized spacial score (nSPS) is 11.1. The first-order valence-corrected chi connectivity index (χ1v) is 7.31. The fourth-order valence-electron chi connectivity index (χ4n) is 2.19. The van der Waals surface area contributed by atoms with Crippen LogP contribution in [0.15, 0.2) is 40.9 Å². The molecule has 3 rings (SSSR count). The number of hydrogen-bond donors (Lipinski definition) is 1. The Kier molecular flexibility index (Phi) is 3.25.